The second kappa shape index (κ2) is 6.14. The van der Waals surface area contributed by atoms with Crippen LogP contribution in [0.5, 0.6) is 0 Å². The van der Waals surface area contributed by atoms with E-state index in [0.29, 0.717) is 18.0 Å². The normalized spacial score (nSPS) is 28.6. The fourth-order valence-corrected chi connectivity index (χ4v) is 2.59. The predicted octanol–water partition coefficient (Wildman–Crippen LogP) is 1.10. The molecule has 1 rings (SSSR count). The Balaban J connectivity index is 2.60. The van der Waals surface area contributed by atoms with Gasteiger partial charge in [0.1, 0.15) is 0 Å². The van der Waals surface area contributed by atoms with Gasteiger partial charge in [-0.25, -0.2) is 0 Å². The van der Waals surface area contributed by atoms with Crippen LogP contribution in [-0.4, -0.2) is 57.0 Å². The van der Waals surface area contributed by atoms with E-state index in [1.807, 2.05) is 0 Å². The second-order valence-corrected chi connectivity index (χ2v) is 6.16. The largest absolute Gasteiger partial charge is 0.377 e. The average molecular weight is 244 g/mol. The molecule has 3 atom stereocenters. The third-order valence-electron chi connectivity index (χ3n) is 3.49. The van der Waals surface area contributed by atoms with Crippen molar-refractivity contribution in [1.29, 1.82) is 0 Å². The molecule has 0 aliphatic carbocycles. The monoisotopic (exact) mass is 244 g/mol. The van der Waals surface area contributed by atoms with Crippen LogP contribution in [0.1, 0.15) is 27.2 Å². The number of nitrogens with two attached hydrogens (primary N) is 1. The van der Waals surface area contributed by atoms with Crippen LogP contribution in [0.4, 0.5) is 0 Å². The van der Waals surface area contributed by atoms with Gasteiger partial charge >= 0.3 is 0 Å². The van der Waals surface area contributed by atoms with Gasteiger partial charge in [-0.15, -0.1) is 0 Å². The predicted molar refractivity (Wildman–Crippen MR) is 70.1 cm³/mol. The van der Waals surface area contributed by atoms with E-state index in [-0.39, 0.29) is 12.2 Å². The van der Waals surface area contributed by atoms with Crippen LogP contribution in [0, 0.1) is 5.41 Å². The van der Waals surface area contributed by atoms with Gasteiger partial charge in [0.05, 0.1) is 12.2 Å². The summed E-state index contributed by atoms with van der Waals surface area (Å²) in [4.78, 5) is 2.41. The Kier molecular flexibility index (Phi) is 5.38. The van der Waals surface area contributed by atoms with Crippen LogP contribution in [0.25, 0.3) is 0 Å². The molecule has 17 heavy (non-hydrogen) atoms. The summed E-state index contributed by atoms with van der Waals surface area (Å²) < 4.78 is 10.9. The average Bonchev–Trinajstić information content (AvgIpc) is 2.67. The molecule has 0 spiro atoms. The lowest BCUT2D eigenvalue weighted by Gasteiger charge is -2.32. The van der Waals surface area contributed by atoms with Crippen LogP contribution < -0.4 is 5.73 Å². The molecule has 1 aliphatic heterocycles. The van der Waals surface area contributed by atoms with E-state index >= 15 is 0 Å². The maximum absolute atomic E-state index is 5.91. The van der Waals surface area contributed by atoms with E-state index in [0.717, 1.165) is 19.5 Å². The Labute approximate surface area is 105 Å². The summed E-state index contributed by atoms with van der Waals surface area (Å²) in [5, 5.41) is 0. The number of ether oxygens (including phenoxy) is 2. The maximum Gasteiger partial charge on any atom is 0.0971 e. The Hall–Kier alpha value is -0.160. The zero-order valence-corrected chi connectivity index (χ0v) is 11.9. The molecule has 0 bridgehead atoms. The Bertz CT molecular complexity index is 216. The summed E-state index contributed by atoms with van der Waals surface area (Å²) in [6.45, 7) is 9.32. The van der Waals surface area contributed by atoms with E-state index < -0.39 is 0 Å². The van der Waals surface area contributed by atoms with Gasteiger partial charge in [0.25, 0.3) is 0 Å². The minimum Gasteiger partial charge on any atom is -0.377 e. The quantitative estimate of drug-likeness (QED) is 0.786. The molecule has 0 amide bonds. The molecule has 102 valence electrons. The van der Waals surface area contributed by atoms with E-state index in [2.05, 4.69) is 25.7 Å². The van der Waals surface area contributed by atoms with Crippen LogP contribution in [-0.2, 0) is 9.47 Å². The van der Waals surface area contributed by atoms with Crippen LogP contribution in [0.3, 0.4) is 0 Å². The molecule has 2 N–H and O–H groups in total. The van der Waals surface area contributed by atoms with Crippen molar-refractivity contribution in [2.24, 2.45) is 11.1 Å². The molecule has 4 nitrogen and oxygen atoms in total. The zero-order valence-electron chi connectivity index (χ0n) is 11.9. The van der Waals surface area contributed by atoms with E-state index in [4.69, 9.17) is 15.2 Å². The lowest BCUT2D eigenvalue weighted by Crippen LogP contribution is -2.42. The van der Waals surface area contributed by atoms with Gasteiger partial charge in [0.15, 0.2) is 0 Å². The molecule has 0 aromatic rings. The van der Waals surface area contributed by atoms with E-state index in [9.17, 15) is 0 Å². The molecule has 1 fully saturated rings. The highest BCUT2D eigenvalue weighted by Crippen LogP contribution is 2.26. The van der Waals surface area contributed by atoms with Gasteiger partial charge in [0, 0.05) is 39.9 Å². The van der Waals surface area contributed by atoms with Crippen molar-refractivity contribution in [1.82, 2.24) is 4.90 Å². The first-order valence-electron chi connectivity index (χ1n) is 6.41. The van der Waals surface area contributed by atoms with Gasteiger partial charge in [0.2, 0.25) is 0 Å². The van der Waals surface area contributed by atoms with Gasteiger partial charge in [-0.3, -0.25) is 4.90 Å². The second-order valence-electron chi connectivity index (χ2n) is 6.16. The minimum atomic E-state index is 0.175. The topological polar surface area (TPSA) is 47.7 Å². The molecule has 4 heteroatoms. The number of likely N-dealkylation sites (tertiary alicyclic amines) is 1. The highest BCUT2D eigenvalue weighted by molar-refractivity contribution is 4.91. The summed E-state index contributed by atoms with van der Waals surface area (Å²) in [5.41, 5.74) is 6.21. The third-order valence-corrected chi connectivity index (χ3v) is 3.49. The summed E-state index contributed by atoms with van der Waals surface area (Å²) in [7, 11) is 3.50. The Morgan fingerprint density at radius 1 is 1.18 bits per heavy atom. The zero-order chi connectivity index (χ0) is 13.1. The van der Waals surface area contributed by atoms with Crippen molar-refractivity contribution in [3.8, 4) is 0 Å². The van der Waals surface area contributed by atoms with Gasteiger partial charge in [-0.1, -0.05) is 20.8 Å². The molecular formula is C13H28N2O2. The molecule has 3 unspecified atom stereocenters. The van der Waals surface area contributed by atoms with Crippen LogP contribution >= 0.6 is 0 Å². The summed E-state index contributed by atoms with van der Waals surface area (Å²) in [6, 6.07) is 0.424. The molecular weight excluding hydrogens is 216 g/mol. The van der Waals surface area contributed by atoms with Crippen LogP contribution in [0.15, 0.2) is 0 Å². The van der Waals surface area contributed by atoms with Gasteiger partial charge in [-0.2, -0.15) is 0 Å². The third kappa shape index (κ3) is 4.21. The maximum atomic E-state index is 5.91. The lowest BCUT2D eigenvalue weighted by molar-refractivity contribution is -0.00461. The number of nitrogens with zero attached hydrogens (tertiary/aromatic N) is 1. The van der Waals surface area contributed by atoms with Crippen molar-refractivity contribution < 1.29 is 9.47 Å². The fraction of sp³-hybridized carbons (Fsp3) is 1.00. The highest BCUT2D eigenvalue weighted by atomic mass is 16.5. The SMILES string of the molecule is COC1CN(C(CN)CC(C)(C)C)CC1OC. The van der Waals surface area contributed by atoms with Crippen molar-refractivity contribution >= 4 is 0 Å². The van der Waals surface area contributed by atoms with Crippen molar-refractivity contribution in [3.05, 3.63) is 0 Å². The summed E-state index contributed by atoms with van der Waals surface area (Å²) in [6.07, 6.45) is 1.46. The first kappa shape index (κ1) is 14.9. The molecule has 0 radical (unpaired) electrons. The Morgan fingerprint density at radius 2 is 1.65 bits per heavy atom. The standard InChI is InChI=1S/C13H28N2O2/c1-13(2,3)6-10(7-14)15-8-11(16-4)12(9-15)17-5/h10-12H,6-9,14H2,1-5H3. The number of hydrogen-bond donors (Lipinski definition) is 1. The molecule has 1 heterocycles. The first-order valence-corrected chi connectivity index (χ1v) is 6.41. The Morgan fingerprint density at radius 3 is 1.94 bits per heavy atom. The molecule has 0 aromatic heterocycles. The van der Waals surface area contributed by atoms with Gasteiger partial charge in [-0.05, 0) is 11.8 Å². The molecule has 1 aliphatic rings. The highest BCUT2D eigenvalue weighted by Gasteiger charge is 2.36. The van der Waals surface area contributed by atoms with Crippen molar-refractivity contribution in [2.75, 3.05) is 33.9 Å². The first-order chi connectivity index (χ1) is 7.91. The smallest absolute Gasteiger partial charge is 0.0971 e. The number of hydrogen-bond acceptors (Lipinski definition) is 4. The molecule has 1 saturated heterocycles. The van der Waals surface area contributed by atoms with Crippen molar-refractivity contribution in [2.45, 2.75) is 45.4 Å². The lowest BCUT2D eigenvalue weighted by atomic mass is 9.87. The summed E-state index contributed by atoms with van der Waals surface area (Å²) >= 11 is 0. The summed E-state index contributed by atoms with van der Waals surface area (Å²) in [5.74, 6) is 0. The molecule has 0 saturated carbocycles. The van der Waals surface area contributed by atoms with Gasteiger partial charge < -0.3 is 15.2 Å². The van der Waals surface area contributed by atoms with Crippen LogP contribution in [0.2, 0.25) is 0 Å². The van der Waals surface area contributed by atoms with E-state index in [1.54, 1.807) is 14.2 Å². The van der Waals surface area contributed by atoms with E-state index in [1.165, 1.54) is 0 Å². The number of rotatable bonds is 5. The molecule has 0 aromatic carbocycles. The van der Waals surface area contributed by atoms with Crippen molar-refractivity contribution in [3.63, 3.8) is 0 Å². The number of methoxy groups -OCH3 is 2. The minimum absolute atomic E-state index is 0.175. The fourth-order valence-electron chi connectivity index (χ4n) is 2.59.